The van der Waals surface area contributed by atoms with Gasteiger partial charge in [0.1, 0.15) is 5.69 Å². The van der Waals surface area contributed by atoms with E-state index in [0.29, 0.717) is 17.5 Å². The molecule has 11 nitrogen and oxygen atoms in total. The summed E-state index contributed by atoms with van der Waals surface area (Å²) in [7, 11) is 5.51. The van der Waals surface area contributed by atoms with Crippen LogP contribution < -0.4 is 15.4 Å². The van der Waals surface area contributed by atoms with E-state index in [0.717, 1.165) is 59.6 Å². The number of fused-ring (bicyclic) bond motifs is 1. The number of hydrogen-bond donors (Lipinski definition) is 3. The number of hydrogen-bond acceptors (Lipinski definition) is 8. The van der Waals surface area contributed by atoms with E-state index in [1.807, 2.05) is 65.3 Å². The Morgan fingerprint density at radius 1 is 1.13 bits per heavy atom. The third kappa shape index (κ3) is 6.04. The van der Waals surface area contributed by atoms with Crippen molar-refractivity contribution in [2.24, 2.45) is 7.05 Å². The molecule has 4 aromatic rings. The van der Waals surface area contributed by atoms with Crippen LogP contribution >= 0.6 is 0 Å². The number of likely N-dealkylation sites (N-methyl/N-ethyl adjacent to an activating group) is 1. The molecule has 1 aromatic carbocycles. The van der Waals surface area contributed by atoms with Crippen molar-refractivity contribution >= 4 is 34.1 Å². The molecule has 1 amide bonds. The zero-order valence-corrected chi connectivity index (χ0v) is 23.9. The molecule has 3 aromatic heterocycles. The number of aryl methyl sites for hydroxylation is 2. The highest BCUT2D eigenvalue weighted by Crippen LogP contribution is 2.34. The third-order valence-electron chi connectivity index (χ3n) is 6.90. The van der Waals surface area contributed by atoms with Gasteiger partial charge < -0.3 is 25.3 Å². The third-order valence-corrected chi connectivity index (χ3v) is 6.90. The average molecular weight is 534 g/mol. The highest BCUT2D eigenvalue weighted by molar-refractivity contribution is 6.06. The van der Waals surface area contributed by atoms with E-state index >= 15 is 0 Å². The monoisotopic (exact) mass is 533 g/mol. The number of nitrogens with one attached hydrogen (secondary N) is 3. The molecule has 5 rings (SSSR count). The topological polar surface area (TPSA) is 116 Å². The fraction of sp³-hybridized carbons (Fsp3) is 0.429. The number of ether oxygens (including phenoxy) is 1. The number of anilines is 3. The molecule has 3 N–H and O–H groups in total. The molecular formula is C28H39N9O2. The van der Waals surface area contributed by atoms with Crippen molar-refractivity contribution < 1.29 is 9.53 Å². The van der Waals surface area contributed by atoms with Crippen LogP contribution in [0.3, 0.4) is 0 Å². The Morgan fingerprint density at radius 3 is 2.59 bits per heavy atom. The van der Waals surface area contributed by atoms with Crippen LogP contribution in [0.1, 0.15) is 26.3 Å². The zero-order valence-electron chi connectivity index (χ0n) is 23.9. The summed E-state index contributed by atoms with van der Waals surface area (Å²) in [5, 5.41) is 11.6. The lowest BCUT2D eigenvalue weighted by Crippen LogP contribution is -2.51. The molecule has 0 aliphatic carbocycles. The van der Waals surface area contributed by atoms with Crippen molar-refractivity contribution in [3.05, 3.63) is 42.4 Å². The first-order chi connectivity index (χ1) is 18.8. The molecule has 1 aliphatic rings. The lowest BCUT2D eigenvalue weighted by Gasteiger charge is -2.35. The van der Waals surface area contributed by atoms with Gasteiger partial charge in [0.2, 0.25) is 11.9 Å². The summed E-state index contributed by atoms with van der Waals surface area (Å²) < 4.78 is 7.00. The summed E-state index contributed by atoms with van der Waals surface area (Å²) in [6, 6.07) is 5.69. The van der Waals surface area contributed by atoms with Gasteiger partial charge in [-0.25, -0.2) is 9.97 Å². The van der Waals surface area contributed by atoms with Gasteiger partial charge >= 0.3 is 0 Å². The maximum atomic E-state index is 13.1. The van der Waals surface area contributed by atoms with Crippen molar-refractivity contribution in [1.82, 2.24) is 34.5 Å². The number of nitrogens with zero attached hydrogens (tertiary/aromatic N) is 6. The summed E-state index contributed by atoms with van der Waals surface area (Å²) >= 11 is 0. The first kappa shape index (κ1) is 28.1. The van der Waals surface area contributed by atoms with Crippen molar-refractivity contribution in [2.75, 3.05) is 51.0 Å². The molecular weight excluding hydrogens is 494 g/mol. The van der Waals surface area contributed by atoms with Crippen LogP contribution in [0.5, 0.6) is 5.88 Å². The van der Waals surface area contributed by atoms with Gasteiger partial charge in [-0.1, -0.05) is 26.0 Å². The molecule has 1 saturated heterocycles. The maximum absolute atomic E-state index is 13.1. The maximum Gasteiger partial charge on any atom is 0.256 e. The van der Waals surface area contributed by atoms with Gasteiger partial charge in [0.05, 0.1) is 36.2 Å². The number of piperazine rings is 1. The number of para-hydroxylation sites is 1. The van der Waals surface area contributed by atoms with Crippen LogP contribution in [-0.4, -0.2) is 86.8 Å². The van der Waals surface area contributed by atoms with E-state index < -0.39 is 0 Å². The summed E-state index contributed by atoms with van der Waals surface area (Å²) in [4.78, 5) is 30.2. The van der Waals surface area contributed by atoms with Crippen LogP contribution in [0, 0.1) is 6.92 Å². The summed E-state index contributed by atoms with van der Waals surface area (Å²) in [6.07, 6.45) is 5.52. The Kier molecular flexibility index (Phi) is 8.82. The minimum atomic E-state index is -0.208. The lowest BCUT2D eigenvalue weighted by atomic mass is 10.1. The number of carbonyl (C=O) groups excluding carboxylic acids is 1. The smallest absolute Gasteiger partial charge is 0.256 e. The van der Waals surface area contributed by atoms with Crippen LogP contribution in [0.2, 0.25) is 0 Å². The van der Waals surface area contributed by atoms with Gasteiger partial charge in [-0.15, -0.1) is 5.10 Å². The fourth-order valence-corrected chi connectivity index (χ4v) is 4.67. The number of amides is 1. The predicted octanol–water partition coefficient (Wildman–Crippen LogP) is 4.02. The van der Waals surface area contributed by atoms with Gasteiger partial charge in [0, 0.05) is 56.6 Å². The van der Waals surface area contributed by atoms with E-state index in [4.69, 9.17) is 9.72 Å². The van der Waals surface area contributed by atoms with E-state index in [1.165, 1.54) is 0 Å². The fourth-order valence-electron chi connectivity index (χ4n) is 4.67. The van der Waals surface area contributed by atoms with E-state index in [9.17, 15) is 4.79 Å². The Hall–Kier alpha value is -3.96. The molecule has 208 valence electrons. The Labute approximate surface area is 229 Å². The minimum absolute atomic E-state index is 0.0108. The van der Waals surface area contributed by atoms with E-state index in [2.05, 4.69) is 42.5 Å². The van der Waals surface area contributed by atoms with Crippen LogP contribution in [0.15, 0.2) is 36.8 Å². The molecule has 11 heteroatoms. The zero-order chi connectivity index (χ0) is 28.1. The molecule has 39 heavy (non-hydrogen) atoms. The number of aromatic nitrogens is 5. The van der Waals surface area contributed by atoms with Crippen molar-refractivity contribution in [1.29, 1.82) is 0 Å². The molecule has 1 unspecified atom stereocenters. The highest BCUT2D eigenvalue weighted by Gasteiger charge is 2.25. The summed E-state index contributed by atoms with van der Waals surface area (Å²) in [5.74, 6) is 0.890. The number of carbonyl (C=O) groups is 1. The Balaban J connectivity index is 0.00000172. The minimum Gasteiger partial charge on any atom is -0.478 e. The lowest BCUT2D eigenvalue weighted by molar-refractivity contribution is -0.121. The highest BCUT2D eigenvalue weighted by atomic mass is 16.5. The SMILES string of the molecule is CC.COc1nn(C)cc1Nc1ncc(C)c(-c2c[nH]c3c(NC(=O)C(C)N4CCN(C)CC4)cccc23)n1. The van der Waals surface area contributed by atoms with Crippen molar-refractivity contribution in [3.63, 3.8) is 0 Å². The molecule has 1 fully saturated rings. The standard InChI is InChI=1S/C26H33N9O2.C2H6/c1-16-13-28-26(30-21-15-34(4)32-25(21)37-5)31-22(16)19-14-27-23-18(19)7-6-8-20(23)29-24(36)17(2)35-11-9-33(3)10-12-35;1-2/h6-8,13-15,17,27H,9-12H2,1-5H3,(H,29,36)(H,28,30,31);1-2H3. The number of methoxy groups -OCH3 is 1. The number of H-pyrrole nitrogens is 1. The van der Waals surface area contributed by atoms with Gasteiger partial charge in [-0.3, -0.25) is 14.4 Å². The summed E-state index contributed by atoms with van der Waals surface area (Å²) in [6.45, 7) is 11.7. The van der Waals surface area contributed by atoms with E-state index in [1.54, 1.807) is 18.0 Å². The largest absolute Gasteiger partial charge is 0.478 e. The normalized spacial score (nSPS) is 14.9. The first-order valence-corrected chi connectivity index (χ1v) is 13.4. The molecule has 0 bridgehead atoms. The quantitative estimate of drug-likeness (QED) is 0.326. The Morgan fingerprint density at radius 2 is 1.87 bits per heavy atom. The van der Waals surface area contributed by atoms with Crippen molar-refractivity contribution in [3.8, 4) is 17.1 Å². The second-order valence-corrected chi connectivity index (χ2v) is 9.51. The second-order valence-electron chi connectivity index (χ2n) is 9.51. The first-order valence-electron chi connectivity index (χ1n) is 13.4. The van der Waals surface area contributed by atoms with Crippen LogP contribution in [-0.2, 0) is 11.8 Å². The molecule has 0 radical (unpaired) electrons. The number of aromatic amines is 1. The number of rotatable bonds is 7. The molecule has 1 aliphatic heterocycles. The molecule has 0 spiro atoms. The predicted molar refractivity (Wildman–Crippen MR) is 156 cm³/mol. The van der Waals surface area contributed by atoms with Crippen molar-refractivity contribution in [2.45, 2.75) is 33.7 Å². The number of benzene rings is 1. The van der Waals surface area contributed by atoms with Gasteiger partial charge in [-0.05, 0) is 32.5 Å². The van der Waals surface area contributed by atoms with Crippen LogP contribution in [0.4, 0.5) is 17.3 Å². The second kappa shape index (κ2) is 12.3. The van der Waals surface area contributed by atoms with Gasteiger partial charge in [0.15, 0.2) is 0 Å². The van der Waals surface area contributed by atoms with Crippen LogP contribution in [0.25, 0.3) is 22.2 Å². The summed E-state index contributed by atoms with van der Waals surface area (Å²) in [5.41, 5.74) is 4.94. The van der Waals surface area contributed by atoms with E-state index in [-0.39, 0.29) is 11.9 Å². The Bertz CT molecular complexity index is 1420. The van der Waals surface area contributed by atoms with Gasteiger partial charge in [0.25, 0.3) is 5.88 Å². The molecule has 4 heterocycles. The molecule has 1 atom stereocenters. The average Bonchev–Trinajstić information content (AvgIpc) is 3.54. The molecule has 0 saturated carbocycles. The van der Waals surface area contributed by atoms with Gasteiger partial charge in [-0.2, -0.15) is 0 Å².